The summed E-state index contributed by atoms with van der Waals surface area (Å²) in [6.45, 7) is 1.53. The van der Waals surface area contributed by atoms with Crippen LogP contribution >= 0.6 is 11.5 Å². The lowest BCUT2D eigenvalue weighted by atomic mass is 10.3. The Morgan fingerprint density at radius 1 is 1.50 bits per heavy atom. The zero-order valence-electron chi connectivity index (χ0n) is 6.09. The van der Waals surface area contributed by atoms with Crippen LogP contribution in [0.15, 0.2) is 0 Å². The number of alkyl halides is 3. The molecular formula is C5H6F3N3S. The molecule has 1 unspecified atom stereocenters. The van der Waals surface area contributed by atoms with Gasteiger partial charge in [0, 0.05) is 0 Å². The molecule has 0 bridgehead atoms. The zero-order valence-corrected chi connectivity index (χ0v) is 6.91. The minimum absolute atomic E-state index is 0.0346. The Kier molecular flexibility index (Phi) is 2.34. The third-order valence-electron chi connectivity index (χ3n) is 1.09. The summed E-state index contributed by atoms with van der Waals surface area (Å²) < 4.78 is 39.3. The topological polar surface area (TPSA) is 51.8 Å². The molecular weight excluding hydrogens is 191 g/mol. The molecule has 0 aromatic carbocycles. The van der Waals surface area contributed by atoms with Crippen molar-refractivity contribution in [3.05, 3.63) is 10.8 Å². The van der Waals surface area contributed by atoms with Gasteiger partial charge in [-0.15, -0.1) is 0 Å². The summed E-state index contributed by atoms with van der Waals surface area (Å²) in [6.07, 6.45) is -4.41. The second-order valence-electron chi connectivity index (χ2n) is 2.24. The number of halogens is 3. The van der Waals surface area contributed by atoms with Crippen LogP contribution in [0.2, 0.25) is 0 Å². The van der Waals surface area contributed by atoms with Gasteiger partial charge in [-0.05, 0) is 18.5 Å². The SMILES string of the molecule is CC(N)c1nsc(C(F)(F)F)n1. The van der Waals surface area contributed by atoms with Crippen LogP contribution in [0.1, 0.15) is 23.8 Å². The lowest BCUT2D eigenvalue weighted by Crippen LogP contribution is -2.09. The molecule has 68 valence electrons. The highest BCUT2D eigenvalue weighted by molar-refractivity contribution is 7.05. The first-order valence-corrected chi connectivity index (χ1v) is 3.85. The molecule has 1 heterocycles. The Bertz CT molecular complexity index is 267. The average Bonchev–Trinajstić information content (AvgIpc) is 2.30. The zero-order chi connectivity index (χ0) is 9.35. The molecule has 2 N–H and O–H groups in total. The molecule has 0 amide bonds. The quantitative estimate of drug-likeness (QED) is 0.743. The van der Waals surface area contributed by atoms with E-state index >= 15 is 0 Å². The van der Waals surface area contributed by atoms with Gasteiger partial charge >= 0.3 is 6.18 Å². The number of rotatable bonds is 1. The normalized spacial score (nSPS) is 14.8. The second kappa shape index (κ2) is 2.98. The van der Waals surface area contributed by atoms with Crippen molar-refractivity contribution >= 4 is 11.5 Å². The molecule has 0 aliphatic carbocycles. The minimum Gasteiger partial charge on any atom is -0.322 e. The molecule has 12 heavy (non-hydrogen) atoms. The Morgan fingerprint density at radius 2 is 2.08 bits per heavy atom. The number of hydrogen-bond donors (Lipinski definition) is 1. The monoisotopic (exact) mass is 197 g/mol. The Morgan fingerprint density at radius 3 is 2.33 bits per heavy atom. The van der Waals surface area contributed by atoms with Gasteiger partial charge in [0.05, 0.1) is 6.04 Å². The highest BCUT2D eigenvalue weighted by Crippen LogP contribution is 2.30. The van der Waals surface area contributed by atoms with E-state index in [-0.39, 0.29) is 5.82 Å². The van der Waals surface area contributed by atoms with Gasteiger partial charge in [-0.2, -0.15) is 17.5 Å². The maximum atomic E-state index is 11.9. The van der Waals surface area contributed by atoms with E-state index in [1.165, 1.54) is 6.92 Å². The first kappa shape index (κ1) is 9.40. The summed E-state index contributed by atoms with van der Waals surface area (Å²) in [5, 5.41) is -0.949. The number of nitrogens with two attached hydrogens (primary N) is 1. The Hall–Kier alpha value is -0.690. The molecule has 3 nitrogen and oxygen atoms in total. The molecule has 0 spiro atoms. The van der Waals surface area contributed by atoms with Gasteiger partial charge in [0.2, 0.25) is 5.01 Å². The number of aromatic nitrogens is 2. The van der Waals surface area contributed by atoms with Crippen LogP contribution in [0, 0.1) is 0 Å². The fraction of sp³-hybridized carbons (Fsp3) is 0.600. The van der Waals surface area contributed by atoms with E-state index in [0.717, 1.165) is 0 Å². The summed E-state index contributed by atoms with van der Waals surface area (Å²) in [7, 11) is 0. The van der Waals surface area contributed by atoms with Crippen molar-refractivity contribution in [1.82, 2.24) is 9.36 Å². The maximum absolute atomic E-state index is 11.9. The van der Waals surface area contributed by atoms with Crippen LogP contribution in [0.3, 0.4) is 0 Å². The molecule has 7 heteroatoms. The highest BCUT2D eigenvalue weighted by atomic mass is 32.1. The second-order valence-corrected chi connectivity index (χ2v) is 3.00. The number of hydrogen-bond acceptors (Lipinski definition) is 4. The van der Waals surface area contributed by atoms with Crippen molar-refractivity contribution in [3.8, 4) is 0 Å². The van der Waals surface area contributed by atoms with Crippen LogP contribution in [0.25, 0.3) is 0 Å². The molecule has 0 saturated heterocycles. The predicted octanol–water partition coefficient (Wildman–Crippen LogP) is 1.58. The van der Waals surface area contributed by atoms with Crippen molar-refractivity contribution < 1.29 is 13.2 Å². The van der Waals surface area contributed by atoms with Gasteiger partial charge < -0.3 is 5.73 Å². The smallest absolute Gasteiger partial charge is 0.322 e. The van der Waals surface area contributed by atoms with Gasteiger partial charge in [0.25, 0.3) is 0 Å². The number of nitrogens with zero attached hydrogens (tertiary/aromatic N) is 2. The summed E-state index contributed by atoms with van der Waals surface area (Å²) in [5.74, 6) is 0.0346. The standard InChI is InChI=1S/C5H6F3N3S/c1-2(9)3-10-4(12-11-3)5(6,7)8/h2H,9H2,1H3. The van der Waals surface area contributed by atoms with Crippen LogP contribution in [-0.4, -0.2) is 9.36 Å². The van der Waals surface area contributed by atoms with Crippen molar-refractivity contribution in [2.24, 2.45) is 5.73 Å². The predicted molar refractivity (Wildman–Crippen MR) is 37.5 cm³/mol. The lowest BCUT2D eigenvalue weighted by molar-refractivity contribution is -0.137. The third kappa shape index (κ3) is 1.92. The third-order valence-corrected chi connectivity index (χ3v) is 1.87. The molecule has 0 aliphatic rings. The largest absolute Gasteiger partial charge is 0.444 e. The van der Waals surface area contributed by atoms with E-state index < -0.39 is 17.2 Å². The van der Waals surface area contributed by atoms with Gasteiger partial charge in [-0.1, -0.05) is 0 Å². The van der Waals surface area contributed by atoms with Crippen molar-refractivity contribution in [2.75, 3.05) is 0 Å². The first-order valence-electron chi connectivity index (χ1n) is 3.07. The van der Waals surface area contributed by atoms with E-state index in [2.05, 4.69) is 9.36 Å². The summed E-state index contributed by atoms with van der Waals surface area (Å²) in [5.41, 5.74) is 5.28. The lowest BCUT2D eigenvalue weighted by Gasteiger charge is -1.99. The fourth-order valence-corrected chi connectivity index (χ4v) is 1.16. The highest BCUT2D eigenvalue weighted by Gasteiger charge is 2.35. The molecule has 1 atom stereocenters. The van der Waals surface area contributed by atoms with Crippen molar-refractivity contribution in [2.45, 2.75) is 19.1 Å². The average molecular weight is 197 g/mol. The van der Waals surface area contributed by atoms with Crippen LogP contribution < -0.4 is 5.73 Å². The molecule has 0 saturated carbocycles. The van der Waals surface area contributed by atoms with E-state index in [4.69, 9.17) is 5.73 Å². The van der Waals surface area contributed by atoms with Crippen molar-refractivity contribution in [3.63, 3.8) is 0 Å². The van der Waals surface area contributed by atoms with Crippen LogP contribution in [0.4, 0.5) is 13.2 Å². The molecule has 1 rings (SSSR count). The maximum Gasteiger partial charge on any atom is 0.444 e. The Balaban J connectivity index is 2.92. The molecule has 0 radical (unpaired) electrons. The summed E-state index contributed by atoms with van der Waals surface area (Å²) in [6, 6.07) is -0.558. The van der Waals surface area contributed by atoms with Gasteiger partial charge in [0.1, 0.15) is 0 Å². The van der Waals surface area contributed by atoms with Gasteiger partial charge in [-0.3, -0.25) is 0 Å². The summed E-state index contributed by atoms with van der Waals surface area (Å²) >= 11 is 0.319. The van der Waals surface area contributed by atoms with Crippen LogP contribution in [-0.2, 0) is 6.18 Å². The van der Waals surface area contributed by atoms with E-state index in [0.29, 0.717) is 11.5 Å². The van der Waals surface area contributed by atoms with E-state index in [1.54, 1.807) is 0 Å². The first-order chi connectivity index (χ1) is 5.41. The van der Waals surface area contributed by atoms with Gasteiger partial charge in [-0.25, -0.2) is 4.98 Å². The van der Waals surface area contributed by atoms with E-state index in [9.17, 15) is 13.2 Å². The minimum atomic E-state index is -4.41. The molecule has 0 fully saturated rings. The van der Waals surface area contributed by atoms with E-state index in [1.807, 2.05) is 0 Å². The molecule has 1 aromatic rings. The molecule has 0 aliphatic heterocycles. The summed E-state index contributed by atoms with van der Waals surface area (Å²) in [4.78, 5) is 3.24. The molecule has 1 aromatic heterocycles. The fourth-order valence-electron chi connectivity index (χ4n) is 0.535. The Labute approximate surface area is 70.6 Å². The van der Waals surface area contributed by atoms with Crippen molar-refractivity contribution in [1.29, 1.82) is 0 Å². The van der Waals surface area contributed by atoms with Crippen LogP contribution in [0.5, 0.6) is 0 Å². The van der Waals surface area contributed by atoms with Gasteiger partial charge in [0.15, 0.2) is 5.82 Å².